The molecule has 1 aliphatic carbocycles. The molecule has 1 saturated carbocycles. The predicted octanol–water partition coefficient (Wildman–Crippen LogP) is 5.24. The number of benzene rings is 1. The first kappa shape index (κ1) is 26.6. The number of carbonyl (C=O) groups excluding carboxylic acids is 2. The quantitative estimate of drug-likeness (QED) is 0.538. The van der Waals surface area contributed by atoms with Crippen molar-refractivity contribution in [2.75, 3.05) is 20.1 Å². The van der Waals surface area contributed by atoms with E-state index in [9.17, 15) is 14.9 Å². The Morgan fingerprint density at radius 1 is 1.25 bits per heavy atom. The van der Waals surface area contributed by atoms with Gasteiger partial charge in [-0.15, -0.1) is 0 Å². The van der Waals surface area contributed by atoms with Crippen LogP contribution in [0.3, 0.4) is 0 Å². The molecule has 7 heteroatoms. The van der Waals surface area contributed by atoms with Gasteiger partial charge in [0.05, 0.1) is 18.0 Å². The van der Waals surface area contributed by atoms with Crippen LogP contribution >= 0.6 is 0 Å². The molecule has 2 bridgehead atoms. The molecule has 1 aromatic carbocycles. The van der Waals surface area contributed by atoms with Gasteiger partial charge in [0.15, 0.2) is 5.78 Å². The van der Waals surface area contributed by atoms with E-state index in [0.717, 1.165) is 50.8 Å². The second kappa shape index (κ2) is 10.1. The number of Topliss-reactive ketones (excluding diaryl/α,β-unsaturated/α-hetero) is 1. The van der Waals surface area contributed by atoms with Crippen molar-refractivity contribution in [2.45, 2.75) is 95.7 Å². The van der Waals surface area contributed by atoms with Crippen LogP contribution < -0.4 is 0 Å². The van der Waals surface area contributed by atoms with Crippen LogP contribution in [0, 0.1) is 29.0 Å². The van der Waals surface area contributed by atoms with Gasteiger partial charge in [0.25, 0.3) is 0 Å². The average Bonchev–Trinajstić information content (AvgIpc) is 3.42. The predicted molar refractivity (Wildman–Crippen MR) is 136 cm³/mol. The Balaban J connectivity index is 1.43. The molecule has 0 radical (unpaired) electrons. The lowest BCUT2D eigenvalue weighted by atomic mass is 9.74. The fraction of sp³-hybridized carbons (Fsp3) is 0.690. The average molecular weight is 498 g/mol. The highest BCUT2D eigenvalue weighted by Crippen LogP contribution is 2.44. The first-order chi connectivity index (χ1) is 16.9. The molecule has 1 amide bonds. The number of halogens is 1. The summed E-state index contributed by atoms with van der Waals surface area (Å²) >= 11 is 0. The molecule has 3 aliphatic rings. The summed E-state index contributed by atoms with van der Waals surface area (Å²) in [6, 6.07) is 7.08. The Bertz CT molecular complexity index is 1040. The van der Waals surface area contributed by atoms with Gasteiger partial charge in [-0.05, 0) is 108 Å². The van der Waals surface area contributed by atoms with Crippen molar-refractivity contribution >= 4 is 11.9 Å². The molecule has 2 saturated heterocycles. The smallest absolute Gasteiger partial charge is 0.411 e. The van der Waals surface area contributed by atoms with Gasteiger partial charge in [-0.1, -0.05) is 19.1 Å². The lowest BCUT2D eigenvalue weighted by Crippen LogP contribution is -2.51. The fourth-order valence-electron chi connectivity index (χ4n) is 6.26. The molecule has 1 aromatic rings. The number of ether oxygens (including phenoxy) is 1. The van der Waals surface area contributed by atoms with Crippen molar-refractivity contribution in [3.8, 4) is 6.07 Å². The number of likely N-dealkylation sites (tertiary alicyclic amines) is 2. The molecule has 36 heavy (non-hydrogen) atoms. The second-order valence-electron chi connectivity index (χ2n) is 12.4. The van der Waals surface area contributed by atoms with Gasteiger partial charge in [-0.25, -0.2) is 9.18 Å². The normalized spacial score (nSPS) is 26.5. The van der Waals surface area contributed by atoms with Crippen LogP contribution in [-0.2, 0) is 21.4 Å². The van der Waals surface area contributed by atoms with Crippen LogP contribution in [0.2, 0.25) is 0 Å². The molecule has 0 spiro atoms. The highest BCUT2D eigenvalue weighted by Gasteiger charge is 2.52. The second-order valence-corrected chi connectivity index (χ2v) is 12.4. The highest BCUT2D eigenvalue weighted by molar-refractivity contribution is 5.89. The molecule has 2 heterocycles. The minimum atomic E-state index is -0.643. The van der Waals surface area contributed by atoms with Crippen LogP contribution in [-0.4, -0.2) is 59.5 Å². The largest absolute Gasteiger partial charge is 0.444 e. The van der Waals surface area contributed by atoms with E-state index in [-0.39, 0.29) is 41.8 Å². The Morgan fingerprint density at radius 2 is 1.94 bits per heavy atom. The number of hydrogen-bond acceptors (Lipinski definition) is 5. The van der Waals surface area contributed by atoms with Crippen LogP contribution in [0.25, 0.3) is 0 Å². The zero-order valence-electron chi connectivity index (χ0n) is 22.3. The summed E-state index contributed by atoms with van der Waals surface area (Å²) in [5, 5.41) is 9.82. The van der Waals surface area contributed by atoms with Crippen molar-refractivity contribution in [2.24, 2.45) is 11.8 Å². The molecule has 196 valence electrons. The maximum atomic E-state index is 15.2. The zero-order chi connectivity index (χ0) is 26.3. The molecule has 0 unspecified atom stereocenters. The third kappa shape index (κ3) is 5.59. The molecule has 4 atom stereocenters. The number of hydrogen-bond donors (Lipinski definition) is 0. The van der Waals surface area contributed by atoms with Gasteiger partial charge < -0.3 is 9.64 Å². The molecule has 2 aliphatic heterocycles. The Morgan fingerprint density at radius 3 is 2.56 bits per heavy atom. The lowest BCUT2D eigenvalue weighted by molar-refractivity contribution is -0.126. The molecular weight excluding hydrogens is 457 g/mol. The van der Waals surface area contributed by atoms with Gasteiger partial charge in [0.2, 0.25) is 0 Å². The molecule has 6 nitrogen and oxygen atoms in total. The number of nitriles is 1. The summed E-state index contributed by atoms with van der Waals surface area (Å²) in [6.45, 7) is 9.61. The number of rotatable bonds is 6. The topological polar surface area (TPSA) is 73.6 Å². The van der Waals surface area contributed by atoms with Gasteiger partial charge >= 0.3 is 6.09 Å². The van der Waals surface area contributed by atoms with E-state index in [1.807, 2.05) is 26.8 Å². The molecular formula is C29H40FN3O3. The maximum absolute atomic E-state index is 15.2. The molecule has 0 N–H and O–H groups in total. The van der Waals surface area contributed by atoms with Gasteiger partial charge in [-0.3, -0.25) is 9.69 Å². The van der Waals surface area contributed by atoms with E-state index in [4.69, 9.17) is 4.74 Å². The third-order valence-corrected chi connectivity index (χ3v) is 8.46. The summed E-state index contributed by atoms with van der Waals surface area (Å²) in [4.78, 5) is 30.2. The lowest BCUT2D eigenvalue weighted by Gasteiger charge is -2.38. The van der Waals surface area contributed by atoms with Gasteiger partial charge in [0, 0.05) is 12.5 Å². The van der Waals surface area contributed by atoms with E-state index in [1.165, 1.54) is 0 Å². The molecule has 0 aromatic heterocycles. The van der Waals surface area contributed by atoms with Crippen LogP contribution in [0.4, 0.5) is 9.18 Å². The Labute approximate surface area is 214 Å². The highest BCUT2D eigenvalue weighted by atomic mass is 19.1. The standard InChI is InChI=1S/C29H40FN3O3/c1-28(2,3)36-27(35)33-23-9-7-21(16-23)26(33)25(34)15-19(18-31)14-20-6-8-22(17-24(20)30)29(4)10-12-32(5)13-11-29/h6,8,17,19,21,23,26H,7,9-16H2,1-5H3/t19-,21+,23-,26+/m1/s1. The van der Waals surface area contributed by atoms with E-state index in [2.05, 4.69) is 24.9 Å². The van der Waals surface area contributed by atoms with Gasteiger partial charge in [-0.2, -0.15) is 5.26 Å². The minimum Gasteiger partial charge on any atom is -0.444 e. The number of piperidine rings is 2. The van der Waals surface area contributed by atoms with Gasteiger partial charge in [0.1, 0.15) is 11.4 Å². The summed E-state index contributed by atoms with van der Waals surface area (Å²) in [5.41, 5.74) is 0.766. The summed E-state index contributed by atoms with van der Waals surface area (Å²) in [5.74, 6) is -0.955. The summed E-state index contributed by atoms with van der Waals surface area (Å²) in [7, 11) is 2.11. The monoisotopic (exact) mass is 497 g/mol. The van der Waals surface area contributed by atoms with E-state index >= 15 is 4.39 Å². The zero-order valence-corrected chi connectivity index (χ0v) is 22.3. The molecule has 4 rings (SSSR count). The first-order valence-electron chi connectivity index (χ1n) is 13.3. The number of carbonyl (C=O) groups is 2. The van der Waals surface area contributed by atoms with Crippen molar-refractivity contribution in [1.82, 2.24) is 9.80 Å². The first-order valence-corrected chi connectivity index (χ1v) is 13.3. The van der Waals surface area contributed by atoms with Crippen LogP contribution in [0.15, 0.2) is 18.2 Å². The Kier molecular flexibility index (Phi) is 7.48. The maximum Gasteiger partial charge on any atom is 0.411 e. The van der Waals surface area contributed by atoms with Crippen molar-refractivity contribution in [3.63, 3.8) is 0 Å². The van der Waals surface area contributed by atoms with Crippen molar-refractivity contribution in [1.29, 1.82) is 5.26 Å². The Hall–Kier alpha value is -2.46. The van der Waals surface area contributed by atoms with E-state index < -0.39 is 23.7 Å². The number of nitrogens with zero attached hydrogens (tertiary/aromatic N) is 3. The summed E-state index contributed by atoms with van der Waals surface area (Å²) in [6.07, 6.45) is 4.29. The van der Waals surface area contributed by atoms with E-state index in [1.54, 1.807) is 17.0 Å². The van der Waals surface area contributed by atoms with Crippen LogP contribution in [0.1, 0.15) is 77.3 Å². The van der Waals surface area contributed by atoms with Crippen LogP contribution in [0.5, 0.6) is 0 Å². The molecule has 3 fully saturated rings. The number of fused-ring (bicyclic) bond motifs is 2. The summed E-state index contributed by atoms with van der Waals surface area (Å²) < 4.78 is 20.8. The van der Waals surface area contributed by atoms with Crippen molar-refractivity contribution in [3.05, 3.63) is 35.1 Å². The third-order valence-electron chi connectivity index (χ3n) is 8.46. The minimum absolute atomic E-state index is 0.00886. The van der Waals surface area contributed by atoms with Crippen molar-refractivity contribution < 1.29 is 18.7 Å². The number of amides is 1. The SMILES string of the molecule is CN1CCC(C)(c2ccc(C[C@@H](C#N)CC(=O)[C@@H]3[C@H]4CC[C@H](C4)N3C(=O)OC(C)(C)C)c(F)c2)CC1. The van der Waals surface area contributed by atoms with E-state index in [0.29, 0.717) is 5.56 Å². The number of ketones is 1. The fourth-order valence-corrected chi connectivity index (χ4v) is 6.26.